The molecule has 0 bridgehead atoms. The minimum absolute atomic E-state index is 0.123. The van der Waals surface area contributed by atoms with Crippen molar-refractivity contribution in [3.63, 3.8) is 0 Å². The molecule has 1 aliphatic rings. The van der Waals surface area contributed by atoms with Crippen molar-refractivity contribution in [3.8, 4) is 23.0 Å². The molecule has 0 atom stereocenters. The summed E-state index contributed by atoms with van der Waals surface area (Å²) in [7, 11) is 3.19. The van der Waals surface area contributed by atoms with Crippen molar-refractivity contribution in [2.24, 2.45) is 0 Å². The van der Waals surface area contributed by atoms with Crippen LogP contribution in [0.1, 0.15) is 35.6 Å². The van der Waals surface area contributed by atoms with Crippen LogP contribution in [-0.2, 0) is 19.4 Å². The highest BCUT2D eigenvalue weighted by Gasteiger charge is 2.18. The fourth-order valence-corrected chi connectivity index (χ4v) is 4.15. The van der Waals surface area contributed by atoms with Crippen LogP contribution in [0, 0.1) is 6.92 Å². The summed E-state index contributed by atoms with van der Waals surface area (Å²) in [6.45, 7) is 2.09. The van der Waals surface area contributed by atoms with E-state index in [1.807, 2.05) is 25.1 Å². The van der Waals surface area contributed by atoms with Crippen molar-refractivity contribution in [2.45, 2.75) is 39.2 Å². The molecule has 0 amide bonds. The Bertz CT molecular complexity index is 1370. The second kappa shape index (κ2) is 8.11. The quantitative estimate of drug-likeness (QED) is 0.475. The molecule has 0 N–H and O–H groups in total. The van der Waals surface area contributed by atoms with Gasteiger partial charge >= 0.3 is 0 Å². The van der Waals surface area contributed by atoms with E-state index in [0.29, 0.717) is 45.4 Å². The molecule has 0 spiro atoms. The van der Waals surface area contributed by atoms with E-state index in [1.54, 1.807) is 24.9 Å². The van der Waals surface area contributed by atoms with E-state index < -0.39 is 0 Å². The van der Waals surface area contributed by atoms with E-state index in [0.717, 1.165) is 36.9 Å². The first kappa shape index (κ1) is 20.2. The Balaban J connectivity index is 1.50. The second-order valence-corrected chi connectivity index (χ2v) is 7.94. The van der Waals surface area contributed by atoms with Gasteiger partial charge in [-0.05, 0) is 56.4 Å². The molecule has 8 heteroatoms. The molecule has 3 aromatic heterocycles. The van der Waals surface area contributed by atoms with Crippen molar-refractivity contribution in [1.82, 2.24) is 19.5 Å². The Kier molecular flexibility index (Phi) is 5.13. The lowest BCUT2D eigenvalue weighted by Gasteiger charge is -2.15. The number of rotatable bonds is 5. The minimum Gasteiger partial charge on any atom is -0.497 e. The molecule has 5 rings (SSSR count). The predicted octanol–water partition coefficient (Wildman–Crippen LogP) is 3.70. The Morgan fingerprint density at radius 3 is 2.75 bits per heavy atom. The highest BCUT2D eigenvalue weighted by atomic mass is 16.5. The van der Waals surface area contributed by atoms with Crippen LogP contribution in [-0.4, -0.2) is 33.7 Å². The van der Waals surface area contributed by atoms with Crippen molar-refractivity contribution in [2.75, 3.05) is 14.2 Å². The average molecular weight is 432 g/mol. The highest BCUT2D eigenvalue weighted by molar-refractivity contribution is 5.74. The summed E-state index contributed by atoms with van der Waals surface area (Å²) in [5.41, 5.74) is 3.98. The molecule has 0 unspecified atom stereocenters. The molecular weight excluding hydrogens is 408 g/mol. The first-order valence-corrected chi connectivity index (χ1v) is 10.6. The standard InChI is InChI=1S/C24H24N4O4/c1-14-20(27-23(32-14)17-9-8-16(30-2)11-21(17)31-3)12-28-13-25-22-18(24(28)29)10-15-6-4-5-7-19(15)26-22/h8-11,13H,4-7,12H2,1-3H3. The van der Waals surface area contributed by atoms with Gasteiger partial charge in [0, 0.05) is 11.8 Å². The number of oxazole rings is 1. The van der Waals surface area contributed by atoms with Gasteiger partial charge in [0.2, 0.25) is 5.89 Å². The fraction of sp³-hybridized carbons (Fsp3) is 0.333. The number of ether oxygens (including phenoxy) is 2. The van der Waals surface area contributed by atoms with Gasteiger partial charge in [-0.15, -0.1) is 0 Å². The van der Waals surface area contributed by atoms with Crippen LogP contribution in [0.15, 0.2) is 39.8 Å². The maximum absolute atomic E-state index is 13.2. The smallest absolute Gasteiger partial charge is 0.263 e. The summed E-state index contributed by atoms with van der Waals surface area (Å²) in [5, 5.41) is 0.548. The van der Waals surface area contributed by atoms with Crippen LogP contribution in [0.5, 0.6) is 11.5 Å². The number of fused-ring (bicyclic) bond motifs is 2. The molecule has 0 radical (unpaired) electrons. The Hall–Kier alpha value is -3.68. The van der Waals surface area contributed by atoms with Gasteiger partial charge in [0.05, 0.1) is 31.7 Å². The Morgan fingerprint density at radius 1 is 1.09 bits per heavy atom. The lowest BCUT2D eigenvalue weighted by molar-refractivity contribution is 0.394. The van der Waals surface area contributed by atoms with Gasteiger partial charge in [0.25, 0.3) is 5.56 Å². The van der Waals surface area contributed by atoms with Crippen LogP contribution in [0.2, 0.25) is 0 Å². The summed E-state index contributed by atoms with van der Waals surface area (Å²) in [5.74, 6) is 2.33. The minimum atomic E-state index is -0.123. The van der Waals surface area contributed by atoms with Gasteiger partial charge in [-0.25, -0.2) is 15.0 Å². The lowest BCUT2D eigenvalue weighted by Crippen LogP contribution is -2.23. The number of benzene rings is 1. The molecule has 0 fully saturated rings. The third-order valence-corrected chi connectivity index (χ3v) is 5.94. The van der Waals surface area contributed by atoms with E-state index in [9.17, 15) is 4.79 Å². The maximum atomic E-state index is 13.2. The Labute approximate surface area is 184 Å². The van der Waals surface area contributed by atoms with Gasteiger partial charge in [0.15, 0.2) is 5.65 Å². The first-order chi connectivity index (χ1) is 15.6. The zero-order valence-electron chi connectivity index (χ0n) is 18.3. The molecule has 4 aromatic rings. The monoisotopic (exact) mass is 432 g/mol. The summed E-state index contributed by atoms with van der Waals surface area (Å²) >= 11 is 0. The molecular formula is C24H24N4O4. The van der Waals surface area contributed by atoms with E-state index in [2.05, 4.69) is 15.0 Å². The van der Waals surface area contributed by atoms with Gasteiger partial charge < -0.3 is 13.9 Å². The Morgan fingerprint density at radius 2 is 1.94 bits per heavy atom. The first-order valence-electron chi connectivity index (χ1n) is 10.6. The van der Waals surface area contributed by atoms with E-state index in [1.165, 1.54) is 6.33 Å². The van der Waals surface area contributed by atoms with Crippen LogP contribution in [0.25, 0.3) is 22.5 Å². The SMILES string of the molecule is COc1ccc(-c2nc(Cn3cnc4nc5c(cc4c3=O)CCCC5)c(C)o2)c(OC)c1. The molecule has 164 valence electrons. The number of methoxy groups -OCH3 is 2. The topological polar surface area (TPSA) is 92.3 Å². The van der Waals surface area contributed by atoms with E-state index in [4.69, 9.17) is 13.9 Å². The summed E-state index contributed by atoms with van der Waals surface area (Å²) < 4.78 is 18.2. The molecule has 1 aliphatic carbocycles. The molecule has 32 heavy (non-hydrogen) atoms. The molecule has 1 aromatic carbocycles. The maximum Gasteiger partial charge on any atom is 0.263 e. The number of nitrogens with zero attached hydrogens (tertiary/aromatic N) is 4. The second-order valence-electron chi connectivity index (χ2n) is 7.94. The lowest BCUT2D eigenvalue weighted by atomic mass is 9.95. The number of aryl methyl sites for hydroxylation is 3. The molecule has 3 heterocycles. The zero-order valence-corrected chi connectivity index (χ0v) is 18.3. The predicted molar refractivity (Wildman–Crippen MR) is 119 cm³/mol. The normalized spacial score (nSPS) is 13.2. The number of hydrogen-bond acceptors (Lipinski definition) is 7. The molecule has 0 saturated carbocycles. The van der Waals surface area contributed by atoms with Crippen molar-refractivity contribution < 1.29 is 13.9 Å². The van der Waals surface area contributed by atoms with Gasteiger partial charge in [0.1, 0.15) is 29.3 Å². The number of aromatic nitrogens is 4. The van der Waals surface area contributed by atoms with Crippen LogP contribution in [0.3, 0.4) is 0 Å². The van der Waals surface area contributed by atoms with Gasteiger partial charge in [-0.3, -0.25) is 9.36 Å². The summed E-state index contributed by atoms with van der Waals surface area (Å²) in [6.07, 6.45) is 5.71. The average Bonchev–Trinajstić information content (AvgIpc) is 3.19. The molecule has 8 nitrogen and oxygen atoms in total. The summed E-state index contributed by atoms with van der Waals surface area (Å²) in [4.78, 5) is 26.9. The van der Waals surface area contributed by atoms with E-state index in [-0.39, 0.29) is 12.1 Å². The zero-order chi connectivity index (χ0) is 22.2. The van der Waals surface area contributed by atoms with Gasteiger partial charge in [-0.2, -0.15) is 0 Å². The van der Waals surface area contributed by atoms with Crippen LogP contribution < -0.4 is 15.0 Å². The molecule has 0 aliphatic heterocycles. The third kappa shape index (κ3) is 3.51. The van der Waals surface area contributed by atoms with Crippen LogP contribution in [0.4, 0.5) is 0 Å². The summed E-state index contributed by atoms with van der Waals surface area (Å²) in [6, 6.07) is 7.40. The number of hydrogen-bond donors (Lipinski definition) is 0. The third-order valence-electron chi connectivity index (χ3n) is 5.94. The van der Waals surface area contributed by atoms with Crippen molar-refractivity contribution >= 4 is 11.0 Å². The van der Waals surface area contributed by atoms with E-state index >= 15 is 0 Å². The van der Waals surface area contributed by atoms with Gasteiger partial charge in [-0.1, -0.05) is 0 Å². The van der Waals surface area contributed by atoms with Crippen LogP contribution >= 0.6 is 0 Å². The fourth-order valence-electron chi connectivity index (χ4n) is 4.15. The highest BCUT2D eigenvalue weighted by Crippen LogP contribution is 2.33. The van der Waals surface area contributed by atoms with Crippen molar-refractivity contribution in [1.29, 1.82) is 0 Å². The largest absolute Gasteiger partial charge is 0.497 e. The molecule has 0 saturated heterocycles. The number of pyridine rings is 1. The van der Waals surface area contributed by atoms with Crippen molar-refractivity contribution in [3.05, 3.63) is 63.7 Å².